The molecular formula is C16H21BrN4O. The topological polar surface area (TPSA) is 50.2 Å². The Morgan fingerprint density at radius 3 is 2.41 bits per heavy atom. The van der Waals surface area contributed by atoms with Crippen LogP contribution in [0.4, 0.5) is 11.4 Å². The van der Waals surface area contributed by atoms with Crippen molar-refractivity contribution < 1.29 is 4.79 Å². The molecule has 22 heavy (non-hydrogen) atoms. The predicted molar refractivity (Wildman–Crippen MR) is 93.3 cm³/mol. The fraction of sp³-hybridized carbons (Fsp3) is 0.375. The summed E-state index contributed by atoms with van der Waals surface area (Å²) in [6.07, 6.45) is 1.80. The summed E-state index contributed by atoms with van der Waals surface area (Å²) >= 11 is 3.39. The maximum absolute atomic E-state index is 12.0. The Kier molecular flexibility index (Phi) is 5.60. The highest BCUT2D eigenvalue weighted by molar-refractivity contribution is 9.10. The Hall–Kier alpha value is -1.82. The second-order valence-electron chi connectivity index (χ2n) is 5.03. The third kappa shape index (κ3) is 4.10. The molecule has 1 aromatic carbocycles. The largest absolute Gasteiger partial charge is 0.372 e. The van der Waals surface area contributed by atoms with Gasteiger partial charge in [0.1, 0.15) is 6.54 Å². The molecule has 5 nitrogen and oxygen atoms in total. The number of carbonyl (C=O) groups excluding carboxylic acids is 1. The van der Waals surface area contributed by atoms with Crippen molar-refractivity contribution in [2.45, 2.75) is 27.3 Å². The minimum Gasteiger partial charge on any atom is -0.372 e. The number of nitrogens with one attached hydrogen (secondary N) is 1. The van der Waals surface area contributed by atoms with Gasteiger partial charge in [-0.1, -0.05) is 0 Å². The molecule has 0 aliphatic carbocycles. The summed E-state index contributed by atoms with van der Waals surface area (Å²) in [5.74, 6) is -0.0920. The summed E-state index contributed by atoms with van der Waals surface area (Å²) in [6.45, 7) is 8.28. The van der Waals surface area contributed by atoms with Crippen LogP contribution in [0.1, 0.15) is 19.5 Å². The molecule has 1 amide bonds. The normalized spacial score (nSPS) is 10.5. The van der Waals surface area contributed by atoms with Crippen LogP contribution in [0.2, 0.25) is 0 Å². The van der Waals surface area contributed by atoms with Crippen LogP contribution in [0.25, 0.3) is 0 Å². The second kappa shape index (κ2) is 7.45. The van der Waals surface area contributed by atoms with Crippen molar-refractivity contribution in [1.82, 2.24) is 9.78 Å². The van der Waals surface area contributed by atoms with Crippen molar-refractivity contribution in [1.29, 1.82) is 0 Å². The first-order chi connectivity index (χ1) is 10.5. The molecule has 0 saturated heterocycles. The van der Waals surface area contributed by atoms with E-state index in [0.717, 1.165) is 34.6 Å². The zero-order valence-corrected chi connectivity index (χ0v) is 14.7. The van der Waals surface area contributed by atoms with Crippen LogP contribution < -0.4 is 10.2 Å². The third-order valence-electron chi connectivity index (χ3n) is 3.47. The number of aryl methyl sites for hydroxylation is 1. The first-order valence-corrected chi connectivity index (χ1v) is 8.17. The monoisotopic (exact) mass is 364 g/mol. The van der Waals surface area contributed by atoms with E-state index in [9.17, 15) is 4.79 Å². The number of carbonyl (C=O) groups is 1. The van der Waals surface area contributed by atoms with Gasteiger partial charge in [-0.3, -0.25) is 9.48 Å². The number of nitrogens with zero attached hydrogens (tertiary/aromatic N) is 3. The summed E-state index contributed by atoms with van der Waals surface area (Å²) in [4.78, 5) is 14.3. The van der Waals surface area contributed by atoms with Crippen molar-refractivity contribution >= 4 is 33.2 Å². The number of hydrogen-bond donors (Lipinski definition) is 1. The molecule has 0 saturated carbocycles. The van der Waals surface area contributed by atoms with E-state index < -0.39 is 0 Å². The number of rotatable bonds is 6. The molecule has 1 aromatic heterocycles. The molecule has 0 bridgehead atoms. The highest BCUT2D eigenvalue weighted by atomic mass is 79.9. The molecule has 0 radical (unpaired) electrons. The molecule has 0 fully saturated rings. The van der Waals surface area contributed by atoms with Crippen LogP contribution in [0.3, 0.4) is 0 Å². The lowest BCUT2D eigenvalue weighted by Crippen LogP contribution is -2.22. The summed E-state index contributed by atoms with van der Waals surface area (Å²) in [6, 6.07) is 7.90. The van der Waals surface area contributed by atoms with Crippen LogP contribution in [0.15, 0.2) is 34.9 Å². The fourth-order valence-corrected chi connectivity index (χ4v) is 2.58. The number of halogens is 1. The van der Waals surface area contributed by atoms with Gasteiger partial charge in [0.05, 0.1) is 10.2 Å². The van der Waals surface area contributed by atoms with Crippen LogP contribution in [-0.4, -0.2) is 28.8 Å². The standard InChI is InChI=1S/C16H21BrN4O/c1-4-20(5-2)14-8-6-13(7-9-14)18-16(22)11-21-10-15(17)12(3)19-21/h6-10H,4-5,11H2,1-3H3,(H,18,22). The van der Waals surface area contributed by atoms with Gasteiger partial charge in [0.25, 0.3) is 0 Å². The molecule has 2 rings (SSSR count). The van der Waals surface area contributed by atoms with Gasteiger partial charge < -0.3 is 10.2 Å². The van der Waals surface area contributed by atoms with Crippen LogP contribution in [0, 0.1) is 6.92 Å². The third-order valence-corrected chi connectivity index (χ3v) is 4.25. The molecule has 2 aromatic rings. The lowest BCUT2D eigenvalue weighted by molar-refractivity contribution is -0.116. The average Bonchev–Trinajstić information content (AvgIpc) is 2.80. The lowest BCUT2D eigenvalue weighted by atomic mass is 10.2. The molecule has 0 atom stereocenters. The van der Waals surface area contributed by atoms with E-state index in [4.69, 9.17) is 0 Å². The predicted octanol–water partition coefficient (Wildman–Crippen LogP) is 3.44. The number of aromatic nitrogens is 2. The van der Waals surface area contributed by atoms with Crippen molar-refractivity contribution in [2.24, 2.45) is 0 Å². The van der Waals surface area contributed by atoms with E-state index in [1.807, 2.05) is 31.2 Å². The van der Waals surface area contributed by atoms with E-state index in [2.05, 4.69) is 45.1 Å². The molecule has 1 N–H and O–H groups in total. The van der Waals surface area contributed by atoms with E-state index >= 15 is 0 Å². The minimum atomic E-state index is -0.0920. The molecule has 6 heteroatoms. The average molecular weight is 365 g/mol. The van der Waals surface area contributed by atoms with Gasteiger partial charge in [0, 0.05) is 30.7 Å². The van der Waals surface area contributed by atoms with E-state index in [-0.39, 0.29) is 12.5 Å². The van der Waals surface area contributed by atoms with Crippen LogP contribution in [-0.2, 0) is 11.3 Å². The van der Waals surface area contributed by atoms with E-state index in [1.54, 1.807) is 10.9 Å². The summed E-state index contributed by atoms with van der Waals surface area (Å²) in [5.41, 5.74) is 2.83. The number of anilines is 2. The van der Waals surface area contributed by atoms with Gasteiger partial charge >= 0.3 is 0 Å². The molecule has 0 spiro atoms. The van der Waals surface area contributed by atoms with Crippen molar-refractivity contribution in [3.05, 3.63) is 40.6 Å². The van der Waals surface area contributed by atoms with Crippen molar-refractivity contribution in [3.63, 3.8) is 0 Å². The Morgan fingerprint density at radius 2 is 1.91 bits per heavy atom. The van der Waals surface area contributed by atoms with Crippen LogP contribution in [0.5, 0.6) is 0 Å². The fourth-order valence-electron chi connectivity index (χ4n) is 2.27. The highest BCUT2D eigenvalue weighted by Crippen LogP contribution is 2.18. The molecule has 0 aliphatic heterocycles. The first-order valence-electron chi connectivity index (χ1n) is 7.38. The summed E-state index contributed by atoms with van der Waals surface area (Å²) < 4.78 is 2.53. The van der Waals surface area contributed by atoms with Gasteiger partial charge in [-0.05, 0) is 61.0 Å². The zero-order chi connectivity index (χ0) is 16.1. The quantitative estimate of drug-likeness (QED) is 0.853. The molecule has 118 valence electrons. The lowest BCUT2D eigenvalue weighted by Gasteiger charge is -2.21. The molecule has 1 heterocycles. The van der Waals surface area contributed by atoms with Gasteiger partial charge in [-0.25, -0.2) is 0 Å². The van der Waals surface area contributed by atoms with E-state index in [0.29, 0.717) is 0 Å². The highest BCUT2D eigenvalue weighted by Gasteiger charge is 2.08. The van der Waals surface area contributed by atoms with E-state index in [1.165, 1.54) is 0 Å². The van der Waals surface area contributed by atoms with Crippen molar-refractivity contribution in [2.75, 3.05) is 23.3 Å². The Balaban J connectivity index is 1.96. The molecule has 0 unspecified atom stereocenters. The summed E-state index contributed by atoms with van der Waals surface area (Å²) in [7, 11) is 0. The van der Waals surface area contributed by atoms with Gasteiger partial charge in [0.2, 0.25) is 5.91 Å². The van der Waals surface area contributed by atoms with Crippen LogP contribution >= 0.6 is 15.9 Å². The van der Waals surface area contributed by atoms with Gasteiger partial charge in [-0.15, -0.1) is 0 Å². The minimum absolute atomic E-state index is 0.0920. The van der Waals surface area contributed by atoms with Gasteiger partial charge in [0.15, 0.2) is 0 Å². The van der Waals surface area contributed by atoms with Gasteiger partial charge in [-0.2, -0.15) is 5.10 Å². The Bertz CT molecular complexity index is 613. The second-order valence-corrected chi connectivity index (χ2v) is 5.88. The first kappa shape index (κ1) is 16.5. The maximum Gasteiger partial charge on any atom is 0.246 e. The zero-order valence-electron chi connectivity index (χ0n) is 13.1. The Labute approximate surface area is 139 Å². The number of hydrogen-bond acceptors (Lipinski definition) is 3. The number of benzene rings is 1. The maximum atomic E-state index is 12.0. The smallest absolute Gasteiger partial charge is 0.246 e. The SMILES string of the molecule is CCN(CC)c1ccc(NC(=O)Cn2cc(Br)c(C)n2)cc1. The molecule has 0 aliphatic rings. The Morgan fingerprint density at radius 1 is 1.27 bits per heavy atom. The molecular weight excluding hydrogens is 344 g/mol. The van der Waals surface area contributed by atoms with Crippen molar-refractivity contribution in [3.8, 4) is 0 Å². The number of amides is 1. The summed E-state index contributed by atoms with van der Waals surface area (Å²) in [5, 5.41) is 7.14.